The first-order valence-electron chi connectivity index (χ1n) is 4.76. The van der Waals surface area contributed by atoms with E-state index in [1.165, 1.54) is 6.21 Å². The molecule has 1 aliphatic rings. The zero-order chi connectivity index (χ0) is 11.3. The lowest BCUT2D eigenvalue weighted by atomic mass is 10.1. The summed E-state index contributed by atoms with van der Waals surface area (Å²) in [5.74, 6) is 0.825. The molecule has 0 amide bonds. The van der Waals surface area contributed by atoms with Crippen LogP contribution in [0.2, 0.25) is 0 Å². The summed E-state index contributed by atoms with van der Waals surface area (Å²) in [6.07, 6.45) is 5.20. The third-order valence-electron chi connectivity index (χ3n) is 2.00. The van der Waals surface area contributed by atoms with E-state index in [-0.39, 0.29) is 0 Å². The monoisotopic (exact) mass is 204 g/mol. The van der Waals surface area contributed by atoms with Gasteiger partial charge in [0.1, 0.15) is 5.82 Å². The van der Waals surface area contributed by atoms with Gasteiger partial charge in [-0.25, -0.2) is 4.99 Å². The van der Waals surface area contributed by atoms with Crippen molar-refractivity contribution < 1.29 is 0 Å². The van der Waals surface area contributed by atoms with E-state index in [1.807, 2.05) is 13.3 Å². The van der Waals surface area contributed by atoms with E-state index in [0.717, 1.165) is 24.2 Å². The molecule has 0 saturated heterocycles. The average Bonchev–Trinajstić information content (AvgIpc) is 2.25. The number of hydrogen-bond acceptors (Lipinski definition) is 4. The molecule has 0 unspecified atom stereocenters. The lowest BCUT2D eigenvalue weighted by molar-refractivity contribution is 0.866. The Balaban J connectivity index is 2.85. The second-order valence-electron chi connectivity index (χ2n) is 3.21. The predicted octanol–water partition coefficient (Wildman–Crippen LogP) is 1.34. The smallest absolute Gasteiger partial charge is 0.130 e. The summed E-state index contributed by atoms with van der Waals surface area (Å²) in [6.45, 7) is 7.42. The van der Waals surface area contributed by atoms with E-state index in [1.54, 1.807) is 0 Å². The third kappa shape index (κ3) is 3.09. The van der Waals surface area contributed by atoms with Gasteiger partial charge in [0.05, 0.1) is 5.70 Å². The second-order valence-corrected chi connectivity index (χ2v) is 3.21. The van der Waals surface area contributed by atoms with Gasteiger partial charge in [-0.05, 0) is 12.8 Å². The number of allylic oxidation sites excluding steroid dienone is 2. The summed E-state index contributed by atoms with van der Waals surface area (Å²) in [6, 6.07) is 0. The molecule has 0 atom stereocenters. The lowest BCUT2D eigenvalue weighted by Crippen LogP contribution is -2.11. The van der Waals surface area contributed by atoms with Gasteiger partial charge in [-0.1, -0.05) is 13.2 Å². The first-order chi connectivity index (χ1) is 7.15. The highest BCUT2D eigenvalue weighted by Gasteiger charge is 2.10. The third-order valence-corrected chi connectivity index (χ3v) is 2.00. The molecule has 0 aromatic carbocycles. The van der Waals surface area contributed by atoms with Gasteiger partial charge in [0, 0.05) is 30.7 Å². The van der Waals surface area contributed by atoms with Crippen molar-refractivity contribution in [2.75, 3.05) is 7.05 Å². The van der Waals surface area contributed by atoms with E-state index in [2.05, 4.69) is 28.5 Å². The molecule has 0 spiro atoms. The largest absolute Gasteiger partial charge is 0.398 e. The Kier molecular flexibility index (Phi) is 3.85. The van der Waals surface area contributed by atoms with Crippen LogP contribution >= 0.6 is 0 Å². The molecule has 4 nitrogen and oxygen atoms in total. The summed E-state index contributed by atoms with van der Waals surface area (Å²) in [7, 11) is 1.83. The van der Waals surface area contributed by atoms with Crippen molar-refractivity contribution in [3.63, 3.8) is 0 Å². The van der Waals surface area contributed by atoms with Crippen molar-refractivity contribution in [1.82, 2.24) is 5.32 Å². The molecular weight excluding hydrogens is 188 g/mol. The van der Waals surface area contributed by atoms with E-state index < -0.39 is 0 Å². The van der Waals surface area contributed by atoms with E-state index in [0.29, 0.717) is 11.4 Å². The molecule has 0 aliphatic carbocycles. The van der Waals surface area contributed by atoms with Gasteiger partial charge in [0.15, 0.2) is 0 Å². The van der Waals surface area contributed by atoms with Crippen molar-refractivity contribution >= 4 is 12.4 Å². The van der Waals surface area contributed by atoms with Crippen LogP contribution in [-0.2, 0) is 0 Å². The number of hydrogen-bond donors (Lipinski definition) is 2. The van der Waals surface area contributed by atoms with Gasteiger partial charge < -0.3 is 11.1 Å². The van der Waals surface area contributed by atoms with Gasteiger partial charge >= 0.3 is 0 Å². The van der Waals surface area contributed by atoms with Gasteiger partial charge in [0.25, 0.3) is 0 Å². The zero-order valence-corrected chi connectivity index (χ0v) is 8.95. The summed E-state index contributed by atoms with van der Waals surface area (Å²) < 4.78 is 0. The minimum atomic E-state index is 0.419. The number of nitrogens with two attached hydrogens (primary N) is 1. The maximum Gasteiger partial charge on any atom is 0.130 e. The Hall–Kier alpha value is -1.84. The molecule has 3 N–H and O–H groups in total. The van der Waals surface area contributed by atoms with Crippen LogP contribution in [0.4, 0.5) is 0 Å². The highest BCUT2D eigenvalue weighted by Crippen LogP contribution is 2.21. The van der Waals surface area contributed by atoms with Crippen molar-refractivity contribution in [3.05, 3.63) is 35.9 Å². The lowest BCUT2D eigenvalue weighted by Gasteiger charge is -2.14. The molecule has 0 radical (unpaired) electrons. The Morgan fingerprint density at radius 2 is 2.40 bits per heavy atom. The topological polar surface area (TPSA) is 62.8 Å². The highest BCUT2D eigenvalue weighted by molar-refractivity contribution is 5.77. The van der Waals surface area contributed by atoms with Crippen LogP contribution in [0, 0.1) is 0 Å². The fraction of sp³-hybridized carbons (Fsp3) is 0.273. The van der Waals surface area contributed by atoms with Gasteiger partial charge in [-0.15, -0.1) is 0 Å². The molecule has 1 rings (SSSR count). The van der Waals surface area contributed by atoms with E-state index in [4.69, 9.17) is 5.73 Å². The summed E-state index contributed by atoms with van der Waals surface area (Å²) in [4.78, 5) is 8.36. The summed E-state index contributed by atoms with van der Waals surface area (Å²) in [5.41, 5.74) is 7.52. The van der Waals surface area contributed by atoms with Crippen molar-refractivity contribution in [3.8, 4) is 0 Å². The first kappa shape index (κ1) is 11.2. The molecule has 80 valence electrons. The molecule has 15 heavy (non-hydrogen) atoms. The van der Waals surface area contributed by atoms with Gasteiger partial charge in [0.2, 0.25) is 0 Å². The minimum Gasteiger partial charge on any atom is -0.398 e. The predicted molar refractivity (Wildman–Crippen MR) is 64.8 cm³/mol. The van der Waals surface area contributed by atoms with Crippen LogP contribution in [0.1, 0.15) is 12.8 Å². The maximum atomic E-state index is 5.39. The number of aliphatic imine (C=N–C) groups is 2. The molecule has 1 aliphatic heterocycles. The second kappa shape index (κ2) is 5.14. The molecular formula is C11H16N4. The molecule has 4 heteroatoms. The number of nitrogens with zero attached hydrogens (tertiary/aromatic N) is 2. The van der Waals surface area contributed by atoms with Crippen LogP contribution in [-0.4, -0.2) is 19.5 Å². The quantitative estimate of drug-likeness (QED) is 0.679. The van der Waals surface area contributed by atoms with Crippen molar-refractivity contribution in [2.24, 2.45) is 15.7 Å². The minimum absolute atomic E-state index is 0.419. The Bertz CT molecular complexity index is 361. The molecule has 0 bridgehead atoms. The normalized spacial score (nSPS) is 15.8. The first-order valence-corrected chi connectivity index (χ1v) is 4.76. The molecule has 0 aromatic heterocycles. The van der Waals surface area contributed by atoms with Crippen molar-refractivity contribution in [2.45, 2.75) is 12.8 Å². The zero-order valence-electron chi connectivity index (χ0n) is 8.95. The fourth-order valence-corrected chi connectivity index (χ4v) is 1.30. The average molecular weight is 204 g/mol. The fourth-order valence-electron chi connectivity index (χ4n) is 1.30. The summed E-state index contributed by atoms with van der Waals surface area (Å²) >= 11 is 0. The number of rotatable bonds is 4. The van der Waals surface area contributed by atoms with E-state index >= 15 is 0 Å². The summed E-state index contributed by atoms with van der Waals surface area (Å²) in [5, 5.41) is 3.02. The molecule has 1 heterocycles. The van der Waals surface area contributed by atoms with Gasteiger partial charge in [-0.3, -0.25) is 4.99 Å². The van der Waals surface area contributed by atoms with Crippen LogP contribution in [0.15, 0.2) is 45.9 Å². The Morgan fingerprint density at radius 3 is 3.00 bits per heavy atom. The van der Waals surface area contributed by atoms with E-state index in [9.17, 15) is 0 Å². The standard InChI is InChI=1S/C11H16N4/c1-8(12)7-15-9(2)10-5-4-6-14-11(10)13-3/h6-7,13H,1-2,4-5,12H2,3H3. The highest BCUT2D eigenvalue weighted by atomic mass is 15.0. The molecule has 0 fully saturated rings. The van der Waals surface area contributed by atoms with Crippen LogP contribution in [0.5, 0.6) is 0 Å². The SMILES string of the molecule is C=C(N)C=NC(=C)C1=C(NC)N=CCC1. The molecule has 0 aromatic rings. The van der Waals surface area contributed by atoms with Crippen molar-refractivity contribution in [1.29, 1.82) is 0 Å². The Labute approximate surface area is 90.0 Å². The maximum absolute atomic E-state index is 5.39. The van der Waals surface area contributed by atoms with Crippen LogP contribution < -0.4 is 11.1 Å². The Morgan fingerprint density at radius 1 is 1.67 bits per heavy atom. The molecule has 0 saturated carbocycles. The number of nitrogens with one attached hydrogen (secondary N) is 1. The van der Waals surface area contributed by atoms with Crippen LogP contribution in [0.3, 0.4) is 0 Å². The van der Waals surface area contributed by atoms with Crippen LogP contribution in [0.25, 0.3) is 0 Å². The van der Waals surface area contributed by atoms with Gasteiger partial charge in [-0.2, -0.15) is 0 Å².